The molecule has 0 bridgehead atoms. The number of hydrogen-bond donors (Lipinski definition) is 1. The highest BCUT2D eigenvalue weighted by molar-refractivity contribution is 6.31. The molecule has 0 fully saturated rings. The first-order chi connectivity index (χ1) is 13.0. The molecule has 27 heavy (non-hydrogen) atoms. The summed E-state index contributed by atoms with van der Waals surface area (Å²) in [6, 6.07) is 22.2. The average molecular weight is 378 g/mol. The number of benzene rings is 3. The van der Waals surface area contributed by atoms with E-state index in [1.165, 1.54) is 6.07 Å². The number of nitrogens with two attached hydrogens (primary N) is 1. The summed E-state index contributed by atoms with van der Waals surface area (Å²) >= 11 is 6.28. The lowest BCUT2D eigenvalue weighted by molar-refractivity contribution is 0.627. The Morgan fingerprint density at radius 3 is 2.44 bits per heavy atom. The van der Waals surface area contributed by atoms with E-state index in [9.17, 15) is 4.39 Å². The van der Waals surface area contributed by atoms with Crippen molar-refractivity contribution in [3.05, 3.63) is 118 Å². The van der Waals surface area contributed by atoms with Crippen LogP contribution in [0.5, 0.6) is 0 Å². The smallest absolute Gasteiger partial charge is 0.123 e. The van der Waals surface area contributed by atoms with E-state index >= 15 is 0 Å². The summed E-state index contributed by atoms with van der Waals surface area (Å²) in [7, 11) is 0. The average Bonchev–Trinajstić information content (AvgIpc) is 2.68. The Morgan fingerprint density at radius 1 is 1.00 bits per heavy atom. The lowest BCUT2D eigenvalue weighted by Gasteiger charge is -2.11. The van der Waals surface area contributed by atoms with Crippen LogP contribution in [0.15, 0.2) is 84.9 Å². The predicted octanol–water partition coefficient (Wildman–Crippen LogP) is 6.41. The van der Waals surface area contributed by atoms with Crippen molar-refractivity contribution in [1.29, 1.82) is 0 Å². The third kappa shape index (κ3) is 4.87. The molecule has 3 heteroatoms. The summed E-state index contributed by atoms with van der Waals surface area (Å²) < 4.78 is 13.9. The zero-order valence-corrected chi connectivity index (χ0v) is 15.9. The van der Waals surface area contributed by atoms with Gasteiger partial charge in [-0.15, -0.1) is 0 Å². The molecule has 3 rings (SSSR count). The summed E-state index contributed by atoms with van der Waals surface area (Å²) in [5, 5.41) is 0.712. The standard InChI is InChI=1S/C24H21ClFN/c1-17-11-14-21(26)16-22(17)20(13-12-18-7-5-6-10-23(18)25)15-24(27)19-8-3-2-4-9-19/h2-11,13-16H,12,27H2,1H3/b20-13+,24-15-. The lowest BCUT2D eigenvalue weighted by Crippen LogP contribution is -1.98. The van der Waals surface area contributed by atoms with Crippen LogP contribution >= 0.6 is 11.6 Å². The van der Waals surface area contributed by atoms with Crippen LogP contribution in [0, 0.1) is 12.7 Å². The van der Waals surface area contributed by atoms with Gasteiger partial charge in [0.2, 0.25) is 0 Å². The largest absolute Gasteiger partial charge is 0.398 e. The molecule has 2 N–H and O–H groups in total. The second-order valence-electron chi connectivity index (χ2n) is 6.38. The van der Waals surface area contributed by atoms with Crippen molar-refractivity contribution in [3.8, 4) is 0 Å². The van der Waals surface area contributed by atoms with Gasteiger partial charge in [-0.1, -0.05) is 72.3 Å². The first-order valence-corrected chi connectivity index (χ1v) is 9.15. The van der Waals surface area contributed by atoms with E-state index in [1.807, 2.05) is 73.7 Å². The van der Waals surface area contributed by atoms with E-state index < -0.39 is 0 Å². The van der Waals surface area contributed by atoms with Crippen LogP contribution in [-0.2, 0) is 6.42 Å². The fourth-order valence-corrected chi connectivity index (χ4v) is 3.13. The topological polar surface area (TPSA) is 26.0 Å². The minimum absolute atomic E-state index is 0.272. The molecule has 0 heterocycles. The molecule has 0 aliphatic rings. The molecule has 0 amide bonds. The molecule has 1 nitrogen and oxygen atoms in total. The third-order valence-corrected chi connectivity index (χ3v) is 4.80. The van der Waals surface area contributed by atoms with Gasteiger partial charge in [0.05, 0.1) is 0 Å². The van der Waals surface area contributed by atoms with Crippen molar-refractivity contribution >= 4 is 22.9 Å². The van der Waals surface area contributed by atoms with E-state index in [0.717, 1.165) is 27.8 Å². The highest BCUT2D eigenvalue weighted by atomic mass is 35.5. The van der Waals surface area contributed by atoms with Gasteiger partial charge >= 0.3 is 0 Å². The zero-order valence-electron chi connectivity index (χ0n) is 15.1. The highest BCUT2D eigenvalue weighted by Crippen LogP contribution is 2.26. The maximum absolute atomic E-state index is 13.9. The van der Waals surface area contributed by atoms with Gasteiger partial charge in [-0.05, 0) is 65.4 Å². The third-order valence-electron chi connectivity index (χ3n) is 4.43. The van der Waals surface area contributed by atoms with E-state index in [-0.39, 0.29) is 5.82 Å². The van der Waals surface area contributed by atoms with Gasteiger partial charge in [0.25, 0.3) is 0 Å². The van der Waals surface area contributed by atoms with Crippen molar-refractivity contribution in [1.82, 2.24) is 0 Å². The van der Waals surface area contributed by atoms with Crippen molar-refractivity contribution in [2.75, 3.05) is 0 Å². The van der Waals surface area contributed by atoms with Crippen LogP contribution in [0.2, 0.25) is 5.02 Å². The quantitative estimate of drug-likeness (QED) is 0.510. The lowest BCUT2D eigenvalue weighted by atomic mass is 9.96. The molecule has 136 valence electrons. The fraction of sp³-hybridized carbons (Fsp3) is 0.0833. The minimum atomic E-state index is -0.272. The van der Waals surface area contributed by atoms with Gasteiger partial charge in [-0.3, -0.25) is 0 Å². The predicted molar refractivity (Wildman–Crippen MR) is 113 cm³/mol. The van der Waals surface area contributed by atoms with Crippen molar-refractivity contribution in [2.24, 2.45) is 5.73 Å². The zero-order chi connectivity index (χ0) is 19.2. The molecular weight excluding hydrogens is 357 g/mol. The molecule has 0 atom stereocenters. The van der Waals surface area contributed by atoms with Crippen molar-refractivity contribution < 1.29 is 4.39 Å². The van der Waals surface area contributed by atoms with Crippen LogP contribution < -0.4 is 5.73 Å². The van der Waals surface area contributed by atoms with Gasteiger partial charge in [0.1, 0.15) is 5.82 Å². The number of halogens is 2. The minimum Gasteiger partial charge on any atom is -0.398 e. The first-order valence-electron chi connectivity index (χ1n) is 8.77. The number of allylic oxidation sites excluding steroid dienone is 3. The van der Waals surface area contributed by atoms with E-state index in [2.05, 4.69) is 0 Å². The molecule has 0 saturated heterocycles. The molecule has 0 radical (unpaired) electrons. The fourth-order valence-electron chi connectivity index (χ4n) is 2.92. The molecule has 0 aliphatic heterocycles. The summed E-state index contributed by atoms with van der Waals surface area (Å²) in [5.74, 6) is -0.272. The SMILES string of the molecule is Cc1ccc(F)cc1C(/C=C(\N)c1ccccc1)=C/Cc1ccccc1Cl. The van der Waals surface area contributed by atoms with Crippen LogP contribution in [0.1, 0.15) is 22.3 Å². The second-order valence-corrected chi connectivity index (χ2v) is 6.79. The molecule has 0 unspecified atom stereocenters. The molecule has 3 aromatic rings. The Bertz CT molecular complexity index is 990. The number of aryl methyl sites for hydroxylation is 1. The van der Waals surface area contributed by atoms with Crippen LogP contribution in [-0.4, -0.2) is 0 Å². The monoisotopic (exact) mass is 377 g/mol. The van der Waals surface area contributed by atoms with Crippen LogP contribution in [0.4, 0.5) is 4.39 Å². The molecule has 0 aliphatic carbocycles. The van der Waals surface area contributed by atoms with Crippen molar-refractivity contribution in [3.63, 3.8) is 0 Å². The van der Waals surface area contributed by atoms with E-state index in [4.69, 9.17) is 17.3 Å². The van der Waals surface area contributed by atoms with E-state index in [0.29, 0.717) is 17.1 Å². The van der Waals surface area contributed by atoms with E-state index in [1.54, 1.807) is 12.1 Å². The Kier molecular flexibility index (Phi) is 6.10. The Labute approximate surface area is 164 Å². The molecule has 0 saturated carbocycles. The first kappa shape index (κ1) is 18.9. The summed E-state index contributed by atoms with van der Waals surface area (Å²) in [6.45, 7) is 1.96. The van der Waals surface area contributed by atoms with Gasteiger partial charge in [0, 0.05) is 10.7 Å². The molecule has 0 aromatic heterocycles. The Balaban J connectivity index is 2.05. The van der Waals surface area contributed by atoms with Crippen molar-refractivity contribution in [2.45, 2.75) is 13.3 Å². The Hall–Kier alpha value is -2.84. The maximum atomic E-state index is 13.9. The number of rotatable bonds is 5. The second kappa shape index (κ2) is 8.70. The van der Waals surface area contributed by atoms with Gasteiger partial charge < -0.3 is 5.73 Å². The maximum Gasteiger partial charge on any atom is 0.123 e. The summed E-state index contributed by atoms with van der Waals surface area (Å²) in [4.78, 5) is 0. The molecular formula is C24H21ClFN. The molecule has 3 aromatic carbocycles. The Morgan fingerprint density at radius 2 is 1.70 bits per heavy atom. The van der Waals surface area contributed by atoms with Gasteiger partial charge in [0.15, 0.2) is 0 Å². The number of hydrogen-bond acceptors (Lipinski definition) is 1. The summed E-state index contributed by atoms with van der Waals surface area (Å²) in [6.07, 6.45) is 4.57. The van der Waals surface area contributed by atoms with Crippen LogP contribution in [0.25, 0.3) is 11.3 Å². The van der Waals surface area contributed by atoms with Gasteiger partial charge in [-0.2, -0.15) is 0 Å². The molecule has 0 spiro atoms. The van der Waals surface area contributed by atoms with Gasteiger partial charge in [-0.25, -0.2) is 4.39 Å². The normalized spacial score (nSPS) is 12.3. The summed E-state index contributed by atoms with van der Waals surface area (Å²) in [5.41, 5.74) is 11.6. The highest BCUT2D eigenvalue weighted by Gasteiger charge is 2.07. The van der Waals surface area contributed by atoms with Crippen LogP contribution in [0.3, 0.4) is 0 Å².